The van der Waals surface area contributed by atoms with Crippen LogP contribution >= 0.6 is 0 Å². The van der Waals surface area contributed by atoms with Gasteiger partial charge in [-0.3, -0.25) is 20.0 Å². The topological polar surface area (TPSA) is 98.0 Å². The number of non-ortho nitro benzene ring substituents is 1. The fourth-order valence-electron chi connectivity index (χ4n) is 2.90. The van der Waals surface area contributed by atoms with Crippen molar-refractivity contribution in [3.8, 4) is 11.5 Å². The van der Waals surface area contributed by atoms with Crippen LogP contribution in [0.25, 0.3) is 0 Å². The van der Waals surface area contributed by atoms with E-state index in [1.807, 2.05) is 12.1 Å². The Kier molecular flexibility index (Phi) is 5.98. The molecule has 1 aliphatic rings. The molecule has 1 aromatic heterocycles. The molecule has 8 nitrogen and oxygen atoms in total. The minimum absolute atomic E-state index is 0.0346. The van der Waals surface area contributed by atoms with Crippen molar-refractivity contribution in [2.75, 3.05) is 26.2 Å². The molecule has 0 amide bonds. The van der Waals surface area contributed by atoms with Gasteiger partial charge in [0.2, 0.25) is 0 Å². The monoisotopic (exact) mass is 359 g/mol. The van der Waals surface area contributed by atoms with Gasteiger partial charge in [0.25, 0.3) is 5.69 Å². The summed E-state index contributed by atoms with van der Waals surface area (Å²) < 4.78 is 11.4. The quantitative estimate of drug-likeness (QED) is 0.567. The van der Waals surface area contributed by atoms with Crippen molar-refractivity contribution >= 4 is 5.69 Å². The molecule has 0 saturated carbocycles. The number of benzene rings is 1. The van der Waals surface area contributed by atoms with Gasteiger partial charge in [-0.2, -0.15) is 0 Å². The maximum Gasteiger partial charge on any atom is 0.273 e. The van der Waals surface area contributed by atoms with E-state index in [1.54, 1.807) is 24.5 Å². The summed E-state index contributed by atoms with van der Waals surface area (Å²) in [5.74, 6) is 1.17. The first-order chi connectivity index (χ1) is 12.6. The number of likely N-dealkylation sites (tertiary alicyclic amines) is 1. The molecule has 0 bridgehead atoms. The van der Waals surface area contributed by atoms with Crippen molar-refractivity contribution in [2.24, 2.45) is 0 Å². The number of aliphatic hydroxyl groups is 1. The lowest BCUT2D eigenvalue weighted by Crippen LogP contribution is -2.35. The number of pyridine rings is 1. The summed E-state index contributed by atoms with van der Waals surface area (Å²) in [6, 6.07) is 9.59. The predicted molar refractivity (Wildman–Crippen MR) is 94.3 cm³/mol. The second kappa shape index (κ2) is 8.59. The maximum atomic E-state index is 10.8. The van der Waals surface area contributed by atoms with Crippen LogP contribution in [-0.2, 0) is 0 Å². The number of aliphatic hydroxyl groups excluding tert-OH is 1. The van der Waals surface area contributed by atoms with E-state index in [2.05, 4.69) is 9.88 Å². The van der Waals surface area contributed by atoms with Crippen LogP contribution in [0.1, 0.15) is 6.42 Å². The lowest BCUT2D eigenvalue weighted by Gasteiger charge is -2.20. The van der Waals surface area contributed by atoms with Gasteiger partial charge in [-0.1, -0.05) is 6.07 Å². The highest BCUT2D eigenvalue weighted by atomic mass is 16.6. The molecule has 1 aliphatic heterocycles. The number of hydrogen-bond donors (Lipinski definition) is 1. The zero-order valence-corrected chi connectivity index (χ0v) is 14.2. The summed E-state index contributed by atoms with van der Waals surface area (Å²) in [6.45, 7) is 2.11. The van der Waals surface area contributed by atoms with Crippen LogP contribution in [0.2, 0.25) is 0 Å². The first-order valence-corrected chi connectivity index (χ1v) is 8.44. The standard InChI is InChI=1S/C18H21N3O5/c22-15(13-25-17-3-1-2-14(10-17)21(23)24)11-20-9-6-18(12-20)26-16-4-7-19-8-5-16/h1-5,7-8,10,15,18,22H,6,9,11-13H2/t15?,18-/m1/s1. The molecule has 1 aromatic carbocycles. The number of nitro groups is 1. The summed E-state index contributed by atoms with van der Waals surface area (Å²) in [4.78, 5) is 16.4. The van der Waals surface area contributed by atoms with Gasteiger partial charge >= 0.3 is 0 Å². The number of aromatic nitrogens is 1. The number of ether oxygens (including phenoxy) is 2. The Morgan fingerprint density at radius 1 is 1.31 bits per heavy atom. The molecule has 8 heteroatoms. The second-order valence-corrected chi connectivity index (χ2v) is 6.19. The fraction of sp³-hybridized carbons (Fsp3) is 0.389. The van der Waals surface area contributed by atoms with E-state index in [0.29, 0.717) is 12.3 Å². The Morgan fingerprint density at radius 3 is 2.88 bits per heavy atom. The van der Waals surface area contributed by atoms with Gasteiger partial charge < -0.3 is 14.6 Å². The summed E-state index contributed by atoms with van der Waals surface area (Å²) in [5, 5.41) is 20.9. The van der Waals surface area contributed by atoms with E-state index in [0.717, 1.165) is 25.3 Å². The van der Waals surface area contributed by atoms with Crippen molar-refractivity contribution in [3.63, 3.8) is 0 Å². The molecule has 1 unspecified atom stereocenters. The van der Waals surface area contributed by atoms with Crippen molar-refractivity contribution in [3.05, 3.63) is 58.9 Å². The summed E-state index contributed by atoms with van der Waals surface area (Å²) >= 11 is 0. The third-order valence-electron chi connectivity index (χ3n) is 4.12. The molecule has 26 heavy (non-hydrogen) atoms. The van der Waals surface area contributed by atoms with Crippen LogP contribution in [0.5, 0.6) is 11.5 Å². The first-order valence-electron chi connectivity index (χ1n) is 8.44. The molecule has 1 N–H and O–H groups in total. The largest absolute Gasteiger partial charge is 0.491 e. The van der Waals surface area contributed by atoms with Crippen LogP contribution < -0.4 is 9.47 Å². The molecular formula is C18H21N3O5. The van der Waals surface area contributed by atoms with E-state index >= 15 is 0 Å². The zero-order valence-electron chi connectivity index (χ0n) is 14.2. The Balaban J connectivity index is 1.42. The third-order valence-corrected chi connectivity index (χ3v) is 4.12. The summed E-state index contributed by atoms with van der Waals surface area (Å²) in [6.07, 6.45) is 3.67. The number of nitrogens with zero attached hydrogens (tertiary/aromatic N) is 3. The smallest absolute Gasteiger partial charge is 0.273 e. The van der Waals surface area contributed by atoms with Crippen molar-refractivity contribution in [2.45, 2.75) is 18.6 Å². The Morgan fingerprint density at radius 2 is 2.12 bits per heavy atom. The van der Waals surface area contributed by atoms with Gasteiger partial charge in [0.05, 0.1) is 11.0 Å². The number of rotatable bonds is 8. The first kappa shape index (κ1) is 18.1. The number of nitro benzene ring substituents is 1. The van der Waals surface area contributed by atoms with E-state index in [4.69, 9.17) is 9.47 Å². The molecule has 1 saturated heterocycles. The van der Waals surface area contributed by atoms with Crippen LogP contribution in [0, 0.1) is 10.1 Å². The minimum atomic E-state index is -0.686. The Bertz CT molecular complexity index is 728. The highest BCUT2D eigenvalue weighted by molar-refractivity contribution is 5.37. The molecule has 138 valence electrons. The average Bonchev–Trinajstić information content (AvgIpc) is 3.08. The van der Waals surface area contributed by atoms with E-state index < -0.39 is 11.0 Å². The van der Waals surface area contributed by atoms with Crippen LogP contribution in [0.4, 0.5) is 5.69 Å². The van der Waals surface area contributed by atoms with Crippen LogP contribution in [0.3, 0.4) is 0 Å². The second-order valence-electron chi connectivity index (χ2n) is 6.19. The molecule has 2 heterocycles. The summed E-state index contributed by atoms with van der Waals surface area (Å²) in [7, 11) is 0. The van der Waals surface area contributed by atoms with Crippen LogP contribution in [0.15, 0.2) is 48.8 Å². The van der Waals surface area contributed by atoms with Gasteiger partial charge in [-0.25, -0.2) is 0 Å². The van der Waals surface area contributed by atoms with Gasteiger partial charge in [-0.15, -0.1) is 0 Å². The minimum Gasteiger partial charge on any atom is -0.491 e. The highest BCUT2D eigenvalue weighted by Gasteiger charge is 2.25. The normalized spacial score (nSPS) is 18.4. The van der Waals surface area contributed by atoms with Crippen molar-refractivity contribution in [1.29, 1.82) is 0 Å². The summed E-state index contributed by atoms with van der Waals surface area (Å²) in [5.41, 5.74) is -0.0346. The third kappa shape index (κ3) is 5.14. The predicted octanol–water partition coefficient (Wildman–Crippen LogP) is 1.88. The molecule has 0 aliphatic carbocycles. The lowest BCUT2D eigenvalue weighted by molar-refractivity contribution is -0.384. The lowest BCUT2D eigenvalue weighted by atomic mass is 10.3. The maximum absolute atomic E-state index is 10.8. The molecular weight excluding hydrogens is 338 g/mol. The molecule has 2 aromatic rings. The highest BCUT2D eigenvalue weighted by Crippen LogP contribution is 2.20. The molecule has 2 atom stereocenters. The fourth-order valence-corrected chi connectivity index (χ4v) is 2.90. The van der Waals surface area contributed by atoms with Crippen LogP contribution in [-0.4, -0.2) is 58.4 Å². The Hall–Kier alpha value is -2.71. The number of hydrogen-bond acceptors (Lipinski definition) is 7. The van der Waals surface area contributed by atoms with Crippen molar-refractivity contribution < 1.29 is 19.5 Å². The van der Waals surface area contributed by atoms with Gasteiger partial charge in [0.1, 0.15) is 30.3 Å². The number of β-amino-alcohol motifs (C(OH)–C–C–N with tert-alkyl or cyclic N) is 1. The van der Waals surface area contributed by atoms with Gasteiger partial charge in [-0.05, 0) is 24.6 Å². The van der Waals surface area contributed by atoms with E-state index in [9.17, 15) is 15.2 Å². The van der Waals surface area contributed by atoms with Crippen molar-refractivity contribution in [1.82, 2.24) is 9.88 Å². The molecule has 1 fully saturated rings. The van der Waals surface area contributed by atoms with E-state index in [-0.39, 0.29) is 18.4 Å². The van der Waals surface area contributed by atoms with Gasteiger partial charge in [0.15, 0.2) is 0 Å². The average molecular weight is 359 g/mol. The van der Waals surface area contributed by atoms with Gasteiger partial charge in [0, 0.05) is 38.1 Å². The SMILES string of the molecule is O=[N+]([O-])c1cccc(OCC(O)CN2CC[C@@H](Oc3ccncc3)C2)c1. The molecule has 0 spiro atoms. The molecule has 3 rings (SSSR count). The van der Waals surface area contributed by atoms with E-state index in [1.165, 1.54) is 12.1 Å². The Labute approximate surface area is 151 Å². The molecule has 0 radical (unpaired) electrons. The zero-order chi connectivity index (χ0) is 18.4.